The Labute approximate surface area is 113 Å². The summed E-state index contributed by atoms with van der Waals surface area (Å²) >= 11 is 0. The molecule has 2 heterocycles. The zero-order valence-electron chi connectivity index (χ0n) is 11.8. The lowest BCUT2D eigenvalue weighted by atomic mass is 10.1. The number of aliphatic carboxylic acids is 1. The smallest absolute Gasteiger partial charge is 0.410 e. The summed E-state index contributed by atoms with van der Waals surface area (Å²) in [7, 11) is 0. The third-order valence-corrected chi connectivity index (χ3v) is 3.62. The summed E-state index contributed by atoms with van der Waals surface area (Å²) in [5.74, 6) is -1.04. The van der Waals surface area contributed by atoms with E-state index in [0.29, 0.717) is 26.1 Å². The first kappa shape index (κ1) is 14.1. The first-order valence-corrected chi connectivity index (χ1v) is 6.71. The van der Waals surface area contributed by atoms with Crippen LogP contribution < -0.4 is 0 Å². The molecule has 2 saturated heterocycles. The van der Waals surface area contributed by atoms with Gasteiger partial charge in [0.25, 0.3) is 0 Å². The summed E-state index contributed by atoms with van der Waals surface area (Å²) in [4.78, 5) is 26.9. The molecule has 2 aliphatic heterocycles. The number of fused-ring (bicyclic) bond motifs is 1. The molecule has 19 heavy (non-hydrogen) atoms. The van der Waals surface area contributed by atoms with Crippen molar-refractivity contribution in [2.75, 3.05) is 26.2 Å². The Kier molecular flexibility index (Phi) is 3.71. The first-order valence-electron chi connectivity index (χ1n) is 6.71. The van der Waals surface area contributed by atoms with Crippen LogP contribution in [0.4, 0.5) is 4.79 Å². The van der Waals surface area contributed by atoms with Crippen molar-refractivity contribution in [3.05, 3.63) is 0 Å². The maximum absolute atomic E-state index is 12.0. The Balaban J connectivity index is 1.92. The van der Waals surface area contributed by atoms with Gasteiger partial charge in [0.2, 0.25) is 0 Å². The lowest BCUT2D eigenvalue weighted by Gasteiger charge is -2.37. The molecule has 1 amide bonds. The molecule has 0 aromatic rings. The molecule has 6 nitrogen and oxygen atoms in total. The number of carbonyl (C=O) groups excluding carboxylic acids is 1. The molecule has 0 radical (unpaired) electrons. The van der Waals surface area contributed by atoms with Crippen LogP contribution in [0.1, 0.15) is 27.2 Å². The average Bonchev–Trinajstić information content (AvgIpc) is 2.69. The highest BCUT2D eigenvalue weighted by Crippen LogP contribution is 2.27. The largest absolute Gasteiger partial charge is 0.481 e. The number of piperazine rings is 1. The minimum absolute atomic E-state index is 0.155. The molecule has 1 N–H and O–H groups in total. The molecule has 0 unspecified atom stereocenters. The van der Waals surface area contributed by atoms with Crippen molar-refractivity contribution in [1.82, 2.24) is 9.80 Å². The van der Waals surface area contributed by atoms with Crippen molar-refractivity contribution in [1.29, 1.82) is 0 Å². The van der Waals surface area contributed by atoms with E-state index in [4.69, 9.17) is 9.84 Å². The molecule has 0 saturated carbocycles. The Bertz CT molecular complexity index is 377. The molecule has 2 rings (SSSR count). The number of hydrogen-bond acceptors (Lipinski definition) is 4. The number of carboxylic acid groups (broad SMARTS) is 1. The molecule has 0 aromatic heterocycles. The van der Waals surface area contributed by atoms with Crippen molar-refractivity contribution in [3.63, 3.8) is 0 Å². The van der Waals surface area contributed by atoms with E-state index in [1.54, 1.807) is 4.90 Å². The summed E-state index contributed by atoms with van der Waals surface area (Å²) in [5, 5.41) is 9.06. The van der Waals surface area contributed by atoms with Crippen LogP contribution in [-0.2, 0) is 9.53 Å². The van der Waals surface area contributed by atoms with Gasteiger partial charge >= 0.3 is 12.1 Å². The van der Waals surface area contributed by atoms with Crippen LogP contribution in [0.25, 0.3) is 0 Å². The van der Waals surface area contributed by atoms with Gasteiger partial charge in [0.1, 0.15) is 5.60 Å². The van der Waals surface area contributed by atoms with E-state index in [9.17, 15) is 9.59 Å². The van der Waals surface area contributed by atoms with Crippen LogP contribution in [-0.4, -0.2) is 64.8 Å². The van der Waals surface area contributed by atoms with Crippen molar-refractivity contribution >= 4 is 12.1 Å². The Morgan fingerprint density at radius 3 is 2.47 bits per heavy atom. The van der Waals surface area contributed by atoms with Crippen LogP contribution in [0.5, 0.6) is 0 Å². The van der Waals surface area contributed by atoms with Crippen molar-refractivity contribution < 1.29 is 19.4 Å². The molecule has 2 aliphatic rings. The summed E-state index contributed by atoms with van der Waals surface area (Å²) < 4.78 is 5.35. The van der Waals surface area contributed by atoms with Gasteiger partial charge in [-0.15, -0.1) is 0 Å². The molecule has 108 valence electrons. The van der Waals surface area contributed by atoms with Crippen LogP contribution in [0.15, 0.2) is 0 Å². The predicted octanol–water partition coefficient (Wildman–Crippen LogP) is 1.01. The van der Waals surface area contributed by atoms with Gasteiger partial charge in [-0.1, -0.05) is 0 Å². The van der Waals surface area contributed by atoms with E-state index >= 15 is 0 Å². The van der Waals surface area contributed by atoms with Gasteiger partial charge in [-0.25, -0.2) is 4.79 Å². The molecule has 6 heteroatoms. The van der Waals surface area contributed by atoms with Crippen LogP contribution in [0.2, 0.25) is 0 Å². The van der Waals surface area contributed by atoms with E-state index in [2.05, 4.69) is 4.90 Å². The third-order valence-electron chi connectivity index (χ3n) is 3.62. The number of carbonyl (C=O) groups is 2. The van der Waals surface area contributed by atoms with Gasteiger partial charge in [0.05, 0.1) is 5.92 Å². The molecule has 0 aromatic carbocycles. The number of hydrogen-bond donors (Lipinski definition) is 1. The molecular formula is C13H22N2O4. The molecule has 2 atom stereocenters. The third kappa shape index (κ3) is 3.37. The number of rotatable bonds is 1. The first-order chi connectivity index (χ1) is 8.76. The van der Waals surface area contributed by atoms with Crippen LogP contribution >= 0.6 is 0 Å². The molecule has 2 fully saturated rings. The van der Waals surface area contributed by atoms with Gasteiger partial charge in [-0.3, -0.25) is 9.69 Å². The van der Waals surface area contributed by atoms with Gasteiger partial charge in [0, 0.05) is 32.2 Å². The Hall–Kier alpha value is -1.30. The van der Waals surface area contributed by atoms with Gasteiger partial charge in [0.15, 0.2) is 0 Å². The summed E-state index contributed by atoms with van der Waals surface area (Å²) in [6.07, 6.45) is 0.320. The van der Waals surface area contributed by atoms with Crippen molar-refractivity contribution in [2.24, 2.45) is 5.92 Å². The lowest BCUT2D eigenvalue weighted by molar-refractivity contribution is -0.141. The van der Waals surface area contributed by atoms with Crippen molar-refractivity contribution in [2.45, 2.75) is 38.8 Å². The fourth-order valence-corrected chi connectivity index (χ4v) is 2.71. The van der Waals surface area contributed by atoms with E-state index in [1.165, 1.54) is 0 Å². The topological polar surface area (TPSA) is 70.1 Å². The number of ether oxygens (including phenoxy) is 1. The highest BCUT2D eigenvalue weighted by Gasteiger charge is 2.40. The zero-order valence-corrected chi connectivity index (χ0v) is 11.8. The van der Waals surface area contributed by atoms with E-state index in [-0.39, 0.29) is 18.1 Å². The molecule has 0 bridgehead atoms. The van der Waals surface area contributed by atoms with Crippen molar-refractivity contribution in [3.8, 4) is 0 Å². The lowest BCUT2D eigenvalue weighted by Crippen LogP contribution is -2.53. The number of nitrogens with zero attached hydrogens (tertiary/aromatic N) is 2. The van der Waals surface area contributed by atoms with Gasteiger partial charge in [-0.2, -0.15) is 0 Å². The predicted molar refractivity (Wildman–Crippen MR) is 68.9 cm³/mol. The van der Waals surface area contributed by atoms with Gasteiger partial charge < -0.3 is 14.7 Å². The molecular weight excluding hydrogens is 248 g/mol. The number of carboxylic acids is 1. The fourth-order valence-electron chi connectivity index (χ4n) is 2.71. The highest BCUT2D eigenvalue weighted by molar-refractivity contribution is 5.71. The average molecular weight is 270 g/mol. The summed E-state index contributed by atoms with van der Waals surface area (Å²) in [5.41, 5.74) is -0.493. The second kappa shape index (κ2) is 5.00. The second-order valence-electron chi connectivity index (χ2n) is 6.35. The minimum atomic E-state index is -0.738. The monoisotopic (exact) mass is 270 g/mol. The number of amides is 1. The normalized spacial score (nSPS) is 28.1. The highest BCUT2D eigenvalue weighted by atomic mass is 16.6. The molecule has 0 aliphatic carbocycles. The second-order valence-corrected chi connectivity index (χ2v) is 6.35. The Morgan fingerprint density at radius 1 is 1.21 bits per heavy atom. The molecule has 0 spiro atoms. The van der Waals surface area contributed by atoms with Crippen LogP contribution in [0, 0.1) is 5.92 Å². The van der Waals surface area contributed by atoms with E-state index < -0.39 is 11.6 Å². The SMILES string of the molecule is CC(C)(C)OC(=O)N1CCN2C[C@H](C(=O)O)C[C@@H]2C1. The standard InChI is InChI=1S/C13H22N2O4/c1-13(2,3)19-12(18)15-5-4-14-7-9(11(16)17)6-10(14)8-15/h9-10H,4-8H2,1-3H3,(H,16,17)/t9-,10-/m1/s1. The quantitative estimate of drug-likeness (QED) is 0.770. The van der Waals surface area contributed by atoms with E-state index in [0.717, 1.165) is 6.54 Å². The fraction of sp³-hybridized carbons (Fsp3) is 0.846. The zero-order chi connectivity index (χ0) is 14.2. The Morgan fingerprint density at radius 2 is 1.89 bits per heavy atom. The maximum atomic E-state index is 12.0. The van der Waals surface area contributed by atoms with Gasteiger partial charge in [-0.05, 0) is 27.2 Å². The van der Waals surface area contributed by atoms with Crippen LogP contribution in [0.3, 0.4) is 0 Å². The maximum Gasteiger partial charge on any atom is 0.410 e. The minimum Gasteiger partial charge on any atom is -0.481 e. The van der Waals surface area contributed by atoms with E-state index in [1.807, 2.05) is 20.8 Å². The summed E-state index contributed by atoms with van der Waals surface area (Å²) in [6.45, 7) is 8.04. The summed E-state index contributed by atoms with van der Waals surface area (Å²) in [6, 6.07) is 0.155.